The number of hydrogen-bond donors (Lipinski definition) is 1. The molecule has 1 aromatic heterocycles. The van der Waals surface area contributed by atoms with E-state index in [-0.39, 0.29) is 18.1 Å². The number of ketones is 1. The van der Waals surface area contributed by atoms with Gasteiger partial charge in [-0.2, -0.15) is 0 Å². The van der Waals surface area contributed by atoms with Gasteiger partial charge in [-0.05, 0) is 48.4 Å². The van der Waals surface area contributed by atoms with E-state index in [0.29, 0.717) is 47.2 Å². The molecule has 33 heavy (non-hydrogen) atoms. The number of carbonyl (C=O) groups excluding carboxylic acids is 2. The summed E-state index contributed by atoms with van der Waals surface area (Å²) in [5, 5.41) is 11.6. The molecule has 1 atom stereocenters. The van der Waals surface area contributed by atoms with Crippen LogP contribution < -0.4 is 9.47 Å². The first kappa shape index (κ1) is 21.1. The molecule has 1 N–H and O–H groups in total. The highest BCUT2D eigenvalue weighted by Gasteiger charge is 2.46. The topological polar surface area (TPSA) is 93.9 Å². The van der Waals surface area contributed by atoms with Gasteiger partial charge < -0.3 is 24.0 Å². The number of amides is 1. The van der Waals surface area contributed by atoms with Gasteiger partial charge in [0.05, 0.1) is 17.9 Å². The summed E-state index contributed by atoms with van der Waals surface area (Å²) in [6, 6.07) is 11.0. The average Bonchev–Trinajstić information content (AvgIpc) is 3.55. The summed E-state index contributed by atoms with van der Waals surface area (Å²) in [6.07, 6.45) is 5.82. The number of hydrogen-bond acceptors (Lipinski definition) is 6. The Kier molecular flexibility index (Phi) is 5.51. The number of ether oxygens (including phenoxy) is 2. The number of rotatable bonds is 6. The number of benzene rings is 2. The third-order valence-corrected chi connectivity index (χ3v) is 6.00. The molecular weight excluding hydrogens is 446 g/mol. The normalized spacial score (nSPS) is 18.8. The molecule has 2 aliphatic heterocycles. The van der Waals surface area contributed by atoms with Crippen molar-refractivity contribution < 1.29 is 24.2 Å². The molecule has 3 heterocycles. The number of imidazole rings is 1. The van der Waals surface area contributed by atoms with Crippen molar-refractivity contribution >= 4 is 29.1 Å². The van der Waals surface area contributed by atoms with Gasteiger partial charge in [0.1, 0.15) is 5.76 Å². The van der Waals surface area contributed by atoms with Crippen LogP contribution in [0.1, 0.15) is 23.6 Å². The third-order valence-electron chi connectivity index (χ3n) is 5.74. The summed E-state index contributed by atoms with van der Waals surface area (Å²) in [7, 11) is 0. The molecule has 1 unspecified atom stereocenters. The number of aliphatic hydroxyl groups is 1. The lowest BCUT2D eigenvalue weighted by atomic mass is 9.95. The van der Waals surface area contributed by atoms with Gasteiger partial charge in [-0.15, -0.1) is 0 Å². The molecule has 0 saturated carbocycles. The van der Waals surface area contributed by atoms with Crippen LogP contribution >= 0.6 is 11.6 Å². The molecule has 1 fully saturated rings. The maximum absolute atomic E-state index is 13.1. The Bertz CT molecular complexity index is 1240. The van der Waals surface area contributed by atoms with Crippen molar-refractivity contribution in [3.63, 3.8) is 0 Å². The van der Waals surface area contributed by atoms with Gasteiger partial charge in [0.15, 0.2) is 11.5 Å². The highest BCUT2D eigenvalue weighted by Crippen LogP contribution is 2.43. The first-order valence-corrected chi connectivity index (χ1v) is 10.8. The van der Waals surface area contributed by atoms with Gasteiger partial charge in [-0.25, -0.2) is 4.98 Å². The second-order valence-corrected chi connectivity index (χ2v) is 8.20. The summed E-state index contributed by atoms with van der Waals surface area (Å²) < 4.78 is 12.8. The van der Waals surface area contributed by atoms with Crippen LogP contribution in [0.15, 0.2) is 66.8 Å². The molecule has 3 aromatic rings. The molecule has 0 radical (unpaired) electrons. The van der Waals surface area contributed by atoms with Gasteiger partial charge in [0.2, 0.25) is 6.79 Å². The Morgan fingerprint density at radius 2 is 1.88 bits per heavy atom. The lowest BCUT2D eigenvalue weighted by Crippen LogP contribution is -2.31. The number of nitrogens with zero attached hydrogens (tertiary/aromatic N) is 3. The van der Waals surface area contributed by atoms with Crippen molar-refractivity contribution in [2.24, 2.45) is 0 Å². The molecule has 168 valence electrons. The summed E-state index contributed by atoms with van der Waals surface area (Å²) in [5.74, 6) is -0.507. The number of Topliss-reactive ketones (excluding diaryl/α,β-unsaturated/α-hetero) is 1. The summed E-state index contributed by atoms with van der Waals surface area (Å²) >= 11 is 5.97. The second-order valence-electron chi connectivity index (χ2n) is 7.77. The highest BCUT2D eigenvalue weighted by atomic mass is 35.5. The Hall–Kier alpha value is -3.78. The number of aliphatic hydroxyl groups excluding tert-OH is 1. The number of likely N-dealkylation sites (tertiary alicyclic amines) is 1. The van der Waals surface area contributed by atoms with E-state index in [0.717, 1.165) is 0 Å². The molecule has 9 heteroatoms. The second kappa shape index (κ2) is 8.63. The molecule has 0 aliphatic carbocycles. The molecule has 2 aromatic carbocycles. The molecule has 8 nitrogen and oxygen atoms in total. The standard InChI is InChI=1S/C24H20ClN3O5/c25-17-5-2-15(3-6-17)22(29)20-21(16-4-7-18-19(12-16)33-14-32-18)28(24(31)23(20)30)10-1-9-27-11-8-26-13-27/h2-8,11-13,21,29H,1,9-10,14H2/b22-20-. The van der Waals surface area contributed by atoms with Gasteiger partial charge >= 0.3 is 0 Å². The number of aromatic nitrogens is 2. The SMILES string of the molecule is O=C1C(=O)N(CCCn2ccnc2)C(c2ccc3c(c2)OCO3)/C1=C(/O)c1ccc(Cl)cc1. The van der Waals surface area contributed by atoms with Crippen LogP contribution in [0, 0.1) is 0 Å². The van der Waals surface area contributed by atoms with E-state index in [2.05, 4.69) is 4.98 Å². The quantitative estimate of drug-likeness (QED) is 0.338. The maximum Gasteiger partial charge on any atom is 0.295 e. The Labute approximate surface area is 194 Å². The molecule has 0 spiro atoms. The van der Waals surface area contributed by atoms with Crippen molar-refractivity contribution in [2.45, 2.75) is 19.0 Å². The van der Waals surface area contributed by atoms with E-state index >= 15 is 0 Å². The molecular formula is C24H20ClN3O5. The molecule has 2 aliphatic rings. The fourth-order valence-corrected chi connectivity index (χ4v) is 4.27. The fraction of sp³-hybridized carbons (Fsp3) is 0.208. The van der Waals surface area contributed by atoms with Crippen molar-refractivity contribution in [2.75, 3.05) is 13.3 Å². The van der Waals surface area contributed by atoms with Gasteiger partial charge in [0.25, 0.3) is 11.7 Å². The van der Waals surface area contributed by atoms with E-state index in [1.54, 1.807) is 55.0 Å². The Morgan fingerprint density at radius 1 is 1.09 bits per heavy atom. The van der Waals surface area contributed by atoms with Crippen LogP contribution in [0.4, 0.5) is 0 Å². The predicted octanol–water partition coefficient (Wildman–Crippen LogP) is 3.78. The zero-order valence-electron chi connectivity index (χ0n) is 17.5. The van der Waals surface area contributed by atoms with Crippen molar-refractivity contribution in [3.8, 4) is 11.5 Å². The van der Waals surface area contributed by atoms with Gasteiger partial charge in [-0.1, -0.05) is 17.7 Å². The fourth-order valence-electron chi connectivity index (χ4n) is 4.15. The van der Waals surface area contributed by atoms with E-state index in [1.807, 2.05) is 10.8 Å². The van der Waals surface area contributed by atoms with Crippen LogP contribution in [0.5, 0.6) is 11.5 Å². The first-order chi connectivity index (χ1) is 16.0. The third kappa shape index (κ3) is 3.93. The first-order valence-electron chi connectivity index (χ1n) is 10.4. The van der Waals surface area contributed by atoms with Crippen molar-refractivity contribution in [1.29, 1.82) is 0 Å². The zero-order valence-corrected chi connectivity index (χ0v) is 18.2. The van der Waals surface area contributed by atoms with Crippen molar-refractivity contribution in [1.82, 2.24) is 14.5 Å². The Balaban J connectivity index is 1.54. The number of halogens is 1. The van der Waals surface area contributed by atoms with Gasteiger partial charge in [-0.3, -0.25) is 9.59 Å². The van der Waals surface area contributed by atoms with Gasteiger partial charge in [0, 0.05) is 36.1 Å². The van der Waals surface area contributed by atoms with Crippen LogP contribution in [0.25, 0.3) is 5.76 Å². The minimum atomic E-state index is -0.766. The van der Waals surface area contributed by atoms with Crippen LogP contribution in [0.3, 0.4) is 0 Å². The molecule has 1 amide bonds. The lowest BCUT2D eigenvalue weighted by molar-refractivity contribution is -0.139. The smallest absolute Gasteiger partial charge is 0.295 e. The lowest BCUT2D eigenvalue weighted by Gasteiger charge is -2.25. The minimum absolute atomic E-state index is 0.0313. The summed E-state index contributed by atoms with van der Waals surface area (Å²) in [6.45, 7) is 1.06. The van der Waals surface area contributed by atoms with Crippen LogP contribution in [-0.4, -0.2) is 44.6 Å². The van der Waals surface area contributed by atoms with E-state index in [1.165, 1.54) is 4.90 Å². The predicted molar refractivity (Wildman–Crippen MR) is 120 cm³/mol. The number of fused-ring (bicyclic) bond motifs is 1. The highest BCUT2D eigenvalue weighted by molar-refractivity contribution is 6.46. The van der Waals surface area contributed by atoms with Crippen molar-refractivity contribution in [3.05, 3.63) is 82.9 Å². The van der Waals surface area contributed by atoms with E-state index < -0.39 is 17.7 Å². The average molecular weight is 466 g/mol. The van der Waals surface area contributed by atoms with Crippen LogP contribution in [0.2, 0.25) is 5.02 Å². The van der Waals surface area contributed by atoms with E-state index in [9.17, 15) is 14.7 Å². The van der Waals surface area contributed by atoms with Crippen LogP contribution in [-0.2, 0) is 16.1 Å². The molecule has 5 rings (SSSR count). The maximum atomic E-state index is 13.1. The monoisotopic (exact) mass is 465 g/mol. The number of aryl methyl sites for hydroxylation is 1. The molecule has 0 bridgehead atoms. The summed E-state index contributed by atoms with van der Waals surface area (Å²) in [4.78, 5) is 31.7. The van der Waals surface area contributed by atoms with E-state index in [4.69, 9.17) is 21.1 Å². The Morgan fingerprint density at radius 3 is 2.64 bits per heavy atom. The number of carbonyl (C=O) groups is 2. The largest absolute Gasteiger partial charge is 0.507 e. The zero-order chi connectivity index (χ0) is 22.9. The molecule has 1 saturated heterocycles. The minimum Gasteiger partial charge on any atom is -0.507 e. The summed E-state index contributed by atoms with van der Waals surface area (Å²) in [5.41, 5.74) is 1.09.